The van der Waals surface area contributed by atoms with Crippen LogP contribution in [0.2, 0.25) is 0 Å². The molecule has 0 radical (unpaired) electrons. The second kappa shape index (κ2) is 7.73. The summed E-state index contributed by atoms with van der Waals surface area (Å²) in [5.41, 5.74) is 7.83. The van der Waals surface area contributed by atoms with Gasteiger partial charge in [-0.05, 0) is 30.7 Å². The summed E-state index contributed by atoms with van der Waals surface area (Å²) in [7, 11) is 0. The van der Waals surface area contributed by atoms with E-state index in [2.05, 4.69) is 46.6 Å². The van der Waals surface area contributed by atoms with Crippen molar-refractivity contribution in [3.63, 3.8) is 0 Å². The Kier molecular flexibility index (Phi) is 5.68. The van der Waals surface area contributed by atoms with Gasteiger partial charge in [0.2, 0.25) is 0 Å². The molecule has 0 aliphatic carbocycles. The first-order valence-electron chi connectivity index (χ1n) is 7.38. The fraction of sp³-hybridized carbons (Fsp3) is 0.533. The second-order valence-electron chi connectivity index (χ2n) is 5.19. The van der Waals surface area contributed by atoms with Crippen LogP contribution in [0, 0.1) is 0 Å². The molecule has 0 aromatic heterocycles. The lowest BCUT2D eigenvalue weighted by molar-refractivity contribution is 0.122. The van der Waals surface area contributed by atoms with Crippen molar-refractivity contribution in [2.75, 3.05) is 36.5 Å². The van der Waals surface area contributed by atoms with Gasteiger partial charge < -0.3 is 25.9 Å². The molecule has 0 spiro atoms. The molecule has 1 aliphatic rings. The van der Waals surface area contributed by atoms with E-state index in [1.807, 2.05) is 0 Å². The van der Waals surface area contributed by atoms with E-state index >= 15 is 0 Å². The Balaban J connectivity index is 1.94. The molecule has 6 nitrogen and oxygen atoms in total. The lowest BCUT2D eigenvalue weighted by atomic mass is 10.1. The zero-order valence-corrected chi connectivity index (χ0v) is 12.5. The molecule has 2 rings (SSSR count). The van der Waals surface area contributed by atoms with Gasteiger partial charge in [-0.1, -0.05) is 12.1 Å². The average Bonchev–Trinajstić information content (AvgIpc) is 2.55. The van der Waals surface area contributed by atoms with Gasteiger partial charge in [-0.25, -0.2) is 0 Å². The summed E-state index contributed by atoms with van der Waals surface area (Å²) >= 11 is 0. The summed E-state index contributed by atoms with van der Waals surface area (Å²) in [6.45, 7) is 5.53. The van der Waals surface area contributed by atoms with Crippen LogP contribution in [0.4, 0.5) is 11.4 Å². The smallest absolute Gasteiger partial charge is 0.141 e. The first kappa shape index (κ1) is 15.4. The average molecular weight is 292 g/mol. The Labute approximate surface area is 125 Å². The number of morpholine rings is 1. The number of benzene rings is 1. The van der Waals surface area contributed by atoms with Crippen molar-refractivity contribution in [1.29, 1.82) is 0 Å². The number of nitrogens with two attached hydrogens (primary N) is 1. The largest absolute Gasteiger partial charge is 0.409 e. The van der Waals surface area contributed by atoms with Crippen LogP contribution in [0.3, 0.4) is 0 Å². The number of nitrogens with zero attached hydrogens (tertiary/aromatic N) is 2. The molecule has 1 aromatic rings. The van der Waals surface area contributed by atoms with E-state index < -0.39 is 0 Å². The molecule has 21 heavy (non-hydrogen) atoms. The van der Waals surface area contributed by atoms with Gasteiger partial charge in [0.15, 0.2) is 0 Å². The molecule has 1 atom stereocenters. The number of anilines is 2. The van der Waals surface area contributed by atoms with Gasteiger partial charge in [-0.2, -0.15) is 0 Å². The number of hydrogen-bond acceptors (Lipinski definition) is 5. The van der Waals surface area contributed by atoms with Gasteiger partial charge in [0.05, 0.1) is 13.2 Å². The highest BCUT2D eigenvalue weighted by Gasteiger charge is 2.12. The molecular weight excluding hydrogens is 268 g/mol. The second-order valence-corrected chi connectivity index (χ2v) is 5.19. The number of ether oxygens (including phenoxy) is 1. The zero-order valence-electron chi connectivity index (χ0n) is 12.5. The number of amidine groups is 1. The summed E-state index contributed by atoms with van der Waals surface area (Å²) in [4.78, 5) is 2.32. The van der Waals surface area contributed by atoms with E-state index in [4.69, 9.17) is 15.7 Å². The summed E-state index contributed by atoms with van der Waals surface area (Å²) in [6.07, 6.45) is 1.43. The van der Waals surface area contributed by atoms with Crippen molar-refractivity contribution < 1.29 is 9.94 Å². The quantitative estimate of drug-likeness (QED) is 0.322. The summed E-state index contributed by atoms with van der Waals surface area (Å²) in [5, 5.41) is 15.1. The fourth-order valence-corrected chi connectivity index (χ4v) is 2.42. The zero-order chi connectivity index (χ0) is 15.1. The van der Waals surface area contributed by atoms with E-state index in [1.165, 1.54) is 5.69 Å². The molecule has 4 N–H and O–H groups in total. The first-order chi connectivity index (χ1) is 10.2. The lowest BCUT2D eigenvalue weighted by Gasteiger charge is -2.29. The Morgan fingerprint density at radius 3 is 2.62 bits per heavy atom. The third-order valence-corrected chi connectivity index (χ3v) is 3.69. The number of oxime groups is 1. The molecule has 0 saturated carbocycles. The number of hydrogen-bond donors (Lipinski definition) is 3. The first-order valence-corrected chi connectivity index (χ1v) is 7.38. The molecule has 1 aromatic carbocycles. The minimum absolute atomic E-state index is 0.162. The van der Waals surface area contributed by atoms with E-state index in [0.717, 1.165) is 38.4 Å². The van der Waals surface area contributed by atoms with Crippen LogP contribution in [0.15, 0.2) is 29.4 Å². The third kappa shape index (κ3) is 4.53. The fourth-order valence-electron chi connectivity index (χ4n) is 2.42. The van der Waals surface area contributed by atoms with Gasteiger partial charge >= 0.3 is 0 Å². The van der Waals surface area contributed by atoms with Crippen LogP contribution in [0.5, 0.6) is 0 Å². The highest BCUT2D eigenvalue weighted by Crippen LogP contribution is 2.20. The van der Waals surface area contributed by atoms with Crippen molar-refractivity contribution in [2.24, 2.45) is 10.9 Å². The molecule has 1 unspecified atom stereocenters. The molecule has 1 aliphatic heterocycles. The number of rotatable bonds is 6. The SMILES string of the molecule is CCC(CC(N)=NO)Nc1ccc(N2CCOCC2)cc1. The highest BCUT2D eigenvalue weighted by atomic mass is 16.5. The monoisotopic (exact) mass is 292 g/mol. The van der Waals surface area contributed by atoms with Crippen LogP contribution in [-0.2, 0) is 4.74 Å². The standard InChI is InChI=1S/C15H24N4O2/c1-2-12(11-15(16)18-20)17-13-3-5-14(6-4-13)19-7-9-21-10-8-19/h3-6,12,17,20H,2,7-11H2,1H3,(H2,16,18). The lowest BCUT2D eigenvalue weighted by Crippen LogP contribution is -2.36. The van der Waals surface area contributed by atoms with Gasteiger partial charge in [0.25, 0.3) is 0 Å². The van der Waals surface area contributed by atoms with E-state index in [0.29, 0.717) is 6.42 Å². The van der Waals surface area contributed by atoms with Gasteiger partial charge in [-0.15, -0.1) is 0 Å². The van der Waals surface area contributed by atoms with Crippen LogP contribution in [0.1, 0.15) is 19.8 Å². The van der Waals surface area contributed by atoms with Gasteiger partial charge in [0, 0.05) is 36.9 Å². The van der Waals surface area contributed by atoms with Crippen LogP contribution in [0.25, 0.3) is 0 Å². The Morgan fingerprint density at radius 1 is 1.38 bits per heavy atom. The molecular formula is C15H24N4O2. The van der Waals surface area contributed by atoms with E-state index in [1.54, 1.807) is 0 Å². The Hall–Kier alpha value is -1.95. The molecule has 116 valence electrons. The van der Waals surface area contributed by atoms with Crippen molar-refractivity contribution in [1.82, 2.24) is 0 Å². The maximum atomic E-state index is 8.65. The van der Waals surface area contributed by atoms with Crippen molar-refractivity contribution in [2.45, 2.75) is 25.8 Å². The van der Waals surface area contributed by atoms with Crippen LogP contribution < -0.4 is 16.0 Å². The molecule has 0 amide bonds. The van der Waals surface area contributed by atoms with Gasteiger partial charge in [-0.3, -0.25) is 0 Å². The highest BCUT2D eigenvalue weighted by molar-refractivity contribution is 5.80. The minimum Gasteiger partial charge on any atom is -0.409 e. The van der Waals surface area contributed by atoms with Crippen LogP contribution >= 0.6 is 0 Å². The topological polar surface area (TPSA) is 83.1 Å². The maximum absolute atomic E-state index is 8.65. The summed E-state index contributed by atoms with van der Waals surface area (Å²) in [6, 6.07) is 8.53. The summed E-state index contributed by atoms with van der Waals surface area (Å²) in [5.74, 6) is 0.249. The van der Waals surface area contributed by atoms with E-state index in [-0.39, 0.29) is 11.9 Å². The molecule has 6 heteroatoms. The summed E-state index contributed by atoms with van der Waals surface area (Å²) < 4.78 is 5.36. The Morgan fingerprint density at radius 2 is 2.05 bits per heavy atom. The molecule has 1 fully saturated rings. The minimum atomic E-state index is 0.162. The molecule has 1 saturated heterocycles. The van der Waals surface area contributed by atoms with Crippen molar-refractivity contribution >= 4 is 17.2 Å². The van der Waals surface area contributed by atoms with Gasteiger partial charge in [0.1, 0.15) is 5.84 Å². The molecule has 1 heterocycles. The predicted octanol–water partition coefficient (Wildman–Crippen LogP) is 1.85. The van der Waals surface area contributed by atoms with E-state index in [9.17, 15) is 0 Å². The molecule has 0 bridgehead atoms. The third-order valence-electron chi connectivity index (χ3n) is 3.69. The van der Waals surface area contributed by atoms with Crippen LogP contribution in [-0.4, -0.2) is 43.4 Å². The van der Waals surface area contributed by atoms with Crippen molar-refractivity contribution in [3.05, 3.63) is 24.3 Å². The maximum Gasteiger partial charge on any atom is 0.141 e. The predicted molar refractivity (Wildman–Crippen MR) is 85.2 cm³/mol. The number of nitrogens with one attached hydrogen (secondary N) is 1. The normalized spacial score (nSPS) is 17.6. The Bertz CT molecular complexity index is 455. The van der Waals surface area contributed by atoms with Crippen molar-refractivity contribution in [3.8, 4) is 0 Å².